The maximum atomic E-state index is 11.2. The minimum atomic E-state index is -0.927. The molecule has 8 heteroatoms. The van der Waals surface area contributed by atoms with E-state index in [2.05, 4.69) is 27.4 Å². The van der Waals surface area contributed by atoms with Crippen molar-refractivity contribution in [3.63, 3.8) is 0 Å². The molecule has 194 valence electrons. The average Bonchev–Trinajstić information content (AvgIpc) is 3.33. The number of ether oxygens (including phenoxy) is 3. The zero-order valence-corrected chi connectivity index (χ0v) is 22.1. The molecule has 0 aliphatic carbocycles. The van der Waals surface area contributed by atoms with Crippen molar-refractivity contribution in [1.29, 1.82) is 0 Å². The highest BCUT2D eigenvalue weighted by Gasteiger charge is 2.34. The zero-order valence-electron chi connectivity index (χ0n) is 21.4. The van der Waals surface area contributed by atoms with Gasteiger partial charge in [0.1, 0.15) is 30.4 Å². The number of nitrogens with zero attached hydrogens (tertiary/aromatic N) is 3. The first kappa shape index (κ1) is 26.3. The number of piperidine rings is 1. The van der Waals surface area contributed by atoms with Gasteiger partial charge in [-0.25, -0.2) is 4.98 Å². The van der Waals surface area contributed by atoms with E-state index in [0.717, 1.165) is 48.6 Å². The van der Waals surface area contributed by atoms with Gasteiger partial charge >= 0.3 is 0 Å². The molecule has 0 amide bonds. The van der Waals surface area contributed by atoms with Crippen molar-refractivity contribution in [3.05, 3.63) is 70.8 Å². The number of imidazole rings is 1. The van der Waals surface area contributed by atoms with Crippen LogP contribution >= 0.6 is 11.6 Å². The van der Waals surface area contributed by atoms with E-state index in [9.17, 15) is 5.11 Å². The number of halogens is 1. The van der Waals surface area contributed by atoms with Crippen LogP contribution in [0.5, 0.6) is 17.2 Å². The van der Waals surface area contributed by atoms with Crippen molar-refractivity contribution < 1.29 is 19.3 Å². The monoisotopic (exact) mass is 513 g/mol. The fourth-order valence-corrected chi connectivity index (χ4v) is 4.86. The molecule has 1 atom stereocenters. The quantitative estimate of drug-likeness (QED) is 0.393. The summed E-state index contributed by atoms with van der Waals surface area (Å²) >= 11 is 6.26. The number of benzene rings is 2. The molecule has 1 aliphatic rings. The van der Waals surface area contributed by atoms with Crippen LogP contribution in [0.4, 0.5) is 0 Å². The number of aryl methyl sites for hydroxylation is 2. The Morgan fingerprint density at radius 2 is 1.97 bits per heavy atom. The summed E-state index contributed by atoms with van der Waals surface area (Å²) in [4.78, 5) is 6.61. The summed E-state index contributed by atoms with van der Waals surface area (Å²) in [5.74, 6) is 3.09. The van der Waals surface area contributed by atoms with Crippen molar-refractivity contribution in [2.45, 2.75) is 51.8 Å². The summed E-state index contributed by atoms with van der Waals surface area (Å²) in [5, 5.41) is 11.8. The maximum Gasteiger partial charge on any atom is 0.161 e. The van der Waals surface area contributed by atoms with Gasteiger partial charge in [0.2, 0.25) is 0 Å². The number of β-amino-alcohol motifs (C(OH)–C–C–N with tert-alkyl or cyclic N) is 1. The molecule has 0 spiro atoms. The van der Waals surface area contributed by atoms with Crippen LogP contribution in [0, 0.1) is 6.92 Å². The van der Waals surface area contributed by atoms with Gasteiger partial charge in [-0.2, -0.15) is 0 Å². The Morgan fingerprint density at radius 1 is 1.11 bits per heavy atom. The Hall–Kier alpha value is -2.74. The summed E-state index contributed by atoms with van der Waals surface area (Å²) in [7, 11) is 1.66. The first-order valence-electron chi connectivity index (χ1n) is 12.5. The molecule has 1 N–H and O–H groups in total. The number of hydrogen-bond acceptors (Lipinski definition) is 6. The number of aliphatic hydroxyl groups is 1. The van der Waals surface area contributed by atoms with Crippen LogP contribution in [0.2, 0.25) is 5.02 Å². The molecule has 4 rings (SSSR count). The summed E-state index contributed by atoms with van der Waals surface area (Å²) in [6, 6.07) is 11.7. The van der Waals surface area contributed by atoms with E-state index in [-0.39, 0.29) is 6.61 Å². The van der Waals surface area contributed by atoms with Crippen molar-refractivity contribution in [3.8, 4) is 17.2 Å². The molecular weight excluding hydrogens is 478 g/mol. The summed E-state index contributed by atoms with van der Waals surface area (Å²) in [5.41, 5.74) is 1.25. The van der Waals surface area contributed by atoms with Crippen LogP contribution in [-0.4, -0.2) is 58.6 Å². The molecule has 2 aromatic carbocycles. The molecule has 2 heterocycles. The highest BCUT2D eigenvalue weighted by Crippen LogP contribution is 2.31. The zero-order chi connectivity index (χ0) is 25.5. The Kier molecular flexibility index (Phi) is 8.77. The molecule has 36 heavy (non-hydrogen) atoms. The van der Waals surface area contributed by atoms with Gasteiger partial charge in [0.15, 0.2) is 11.5 Å². The third kappa shape index (κ3) is 6.72. The predicted molar refractivity (Wildman–Crippen MR) is 141 cm³/mol. The number of rotatable bonds is 11. The lowest BCUT2D eigenvalue weighted by Gasteiger charge is -2.39. The molecule has 3 aromatic rings. The summed E-state index contributed by atoms with van der Waals surface area (Å²) < 4.78 is 19.7. The first-order chi connectivity index (χ1) is 17.4. The molecule has 1 fully saturated rings. The van der Waals surface area contributed by atoms with Crippen molar-refractivity contribution >= 4 is 11.6 Å². The second-order valence-electron chi connectivity index (χ2n) is 9.49. The Labute approximate surface area is 218 Å². The van der Waals surface area contributed by atoms with Gasteiger partial charge in [0, 0.05) is 31.9 Å². The Balaban J connectivity index is 1.33. The van der Waals surface area contributed by atoms with Gasteiger partial charge in [-0.15, -0.1) is 0 Å². The molecule has 0 saturated carbocycles. The molecule has 0 bridgehead atoms. The van der Waals surface area contributed by atoms with Crippen LogP contribution in [0.25, 0.3) is 0 Å². The molecule has 0 radical (unpaired) electrons. The van der Waals surface area contributed by atoms with Crippen molar-refractivity contribution in [2.24, 2.45) is 0 Å². The second-order valence-corrected chi connectivity index (χ2v) is 9.89. The lowest BCUT2D eigenvalue weighted by molar-refractivity contribution is -0.0621. The minimum absolute atomic E-state index is 0.208. The third-order valence-electron chi connectivity index (χ3n) is 6.56. The standard InChI is InChI=1S/C28H36ClN3O4/c1-4-27-30-11-13-32(27)14-15-35-24-9-7-22(17-26(24)34-3)18-31-12-5-10-28(33,19-31)20-36-25-16-21(2)6-8-23(25)29/h6-9,11,13,16-17,33H,4-5,10,12,14-15,18-20H2,1-3H3. The molecule has 1 aromatic heterocycles. The predicted octanol–water partition coefficient (Wildman–Crippen LogP) is 4.90. The lowest BCUT2D eigenvalue weighted by Crippen LogP contribution is -2.51. The number of hydrogen-bond donors (Lipinski definition) is 1. The number of likely N-dealkylation sites (tertiary alicyclic amines) is 1. The van der Waals surface area contributed by atoms with E-state index < -0.39 is 5.60 Å². The molecule has 1 unspecified atom stereocenters. The molecule has 1 saturated heterocycles. The first-order valence-corrected chi connectivity index (χ1v) is 12.9. The third-order valence-corrected chi connectivity index (χ3v) is 6.87. The van der Waals surface area contributed by atoms with Crippen LogP contribution in [0.15, 0.2) is 48.8 Å². The fraction of sp³-hybridized carbons (Fsp3) is 0.464. The molecular formula is C28H36ClN3O4. The Bertz CT molecular complexity index is 1150. The normalized spacial score (nSPS) is 18.2. The van der Waals surface area contributed by atoms with Gasteiger partial charge in [0.05, 0.1) is 18.7 Å². The van der Waals surface area contributed by atoms with Crippen molar-refractivity contribution in [1.82, 2.24) is 14.5 Å². The minimum Gasteiger partial charge on any atom is -0.493 e. The number of methoxy groups -OCH3 is 1. The van der Waals surface area contributed by atoms with Crippen LogP contribution < -0.4 is 14.2 Å². The van der Waals surface area contributed by atoms with Gasteiger partial charge in [-0.3, -0.25) is 4.90 Å². The summed E-state index contributed by atoms with van der Waals surface area (Å²) in [6.07, 6.45) is 6.28. The lowest BCUT2D eigenvalue weighted by atomic mass is 9.93. The van der Waals surface area contributed by atoms with E-state index in [1.807, 2.05) is 49.6 Å². The van der Waals surface area contributed by atoms with E-state index in [1.165, 1.54) is 0 Å². The fourth-order valence-electron chi connectivity index (χ4n) is 4.69. The smallest absolute Gasteiger partial charge is 0.161 e. The summed E-state index contributed by atoms with van der Waals surface area (Å²) in [6.45, 7) is 7.71. The van der Waals surface area contributed by atoms with E-state index in [1.54, 1.807) is 7.11 Å². The van der Waals surface area contributed by atoms with E-state index >= 15 is 0 Å². The van der Waals surface area contributed by atoms with Gasteiger partial charge in [-0.1, -0.05) is 30.7 Å². The van der Waals surface area contributed by atoms with Gasteiger partial charge in [-0.05, 0) is 61.7 Å². The topological polar surface area (TPSA) is 69.0 Å². The van der Waals surface area contributed by atoms with E-state index in [4.69, 9.17) is 25.8 Å². The molecule has 7 nitrogen and oxygen atoms in total. The van der Waals surface area contributed by atoms with Crippen molar-refractivity contribution in [2.75, 3.05) is 33.4 Å². The van der Waals surface area contributed by atoms with Crippen LogP contribution in [0.3, 0.4) is 0 Å². The number of aromatic nitrogens is 2. The second kappa shape index (κ2) is 12.0. The van der Waals surface area contributed by atoms with Gasteiger partial charge in [0.25, 0.3) is 0 Å². The molecule has 1 aliphatic heterocycles. The SMILES string of the molecule is CCc1nccn1CCOc1ccc(CN2CCCC(O)(COc3cc(C)ccc3Cl)C2)cc1OC. The maximum absolute atomic E-state index is 11.2. The highest BCUT2D eigenvalue weighted by molar-refractivity contribution is 6.32. The van der Waals surface area contributed by atoms with Gasteiger partial charge < -0.3 is 23.9 Å². The van der Waals surface area contributed by atoms with Crippen LogP contribution in [0.1, 0.15) is 36.7 Å². The largest absolute Gasteiger partial charge is 0.493 e. The van der Waals surface area contributed by atoms with E-state index in [0.29, 0.717) is 42.6 Å². The Morgan fingerprint density at radius 3 is 2.78 bits per heavy atom. The highest BCUT2D eigenvalue weighted by atomic mass is 35.5. The van der Waals surface area contributed by atoms with Crippen LogP contribution in [-0.2, 0) is 19.5 Å². The average molecular weight is 514 g/mol.